The SMILES string of the molecule is CCOc1cc(/C=C2\C(=O)NC(=O)N(c3cccc(C)c3)C2=O)cc(Cl)c1Cc1ccccc1Cl. The predicted octanol–water partition coefficient (Wildman–Crippen LogP) is 5.96. The Morgan fingerprint density at radius 1 is 0.971 bits per heavy atom. The fourth-order valence-electron chi connectivity index (χ4n) is 3.83. The maximum atomic E-state index is 13.2. The van der Waals surface area contributed by atoms with E-state index in [0.29, 0.717) is 40.1 Å². The summed E-state index contributed by atoms with van der Waals surface area (Å²) in [4.78, 5) is 39.2. The molecule has 0 radical (unpaired) electrons. The third-order valence-electron chi connectivity index (χ3n) is 5.47. The molecule has 0 aromatic heterocycles. The maximum Gasteiger partial charge on any atom is 0.335 e. The fourth-order valence-corrected chi connectivity index (χ4v) is 4.32. The Hall–Kier alpha value is -3.61. The molecule has 0 aliphatic carbocycles. The summed E-state index contributed by atoms with van der Waals surface area (Å²) in [6.45, 7) is 4.09. The van der Waals surface area contributed by atoms with Crippen molar-refractivity contribution in [3.63, 3.8) is 0 Å². The quantitative estimate of drug-likeness (QED) is 0.329. The third-order valence-corrected chi connectivity index (χ3v) is 6.18. The molecule has 0 unspecified atom stereocenters. The van der Waals surface area contributed by atoms with Crippen LogP contribution >= 0.6 is 23.2 Å². The largest absolute Gasteiger partial charge is 0.494 e. The number of nitrogens with zero attached hydrogens (tertiary/aromatic N) is 1. The molecule has 0 spiro atoms. The minimum absolute atomic E-state index is 0.191. The van der Waals surface area contributed by atoms with Gasteiger partial charge in [0.15, 0.2) is 0 Å². The summed E-state index contributed by atoms with van der Waals surface area (Å²) in [6, 6.07) is 16.9. The lowest BCUT2D eigenvalue weighted by molar-refractivity contribution is -0.122. The molecule has 178 valence electrons. The molecule has 3 aromatic rings. The molecule has 4 rings (SSSR count). The number of aryl methyl sites for hydroxylation is 1. The zero-order valence-corrected chi connectivity index (χ0v) is 20.6. The van der Waals surface area contributed by atoms with Gasteiger partial charge in [0.1, 0.15) is 11.3 Å². The average Bonchev–Trinajstić information content (AvgIpc) is 2.80. The van der Waals surface area contributed by atoms with E-state index in [-0.39, 0.29) is 5.57 Å². The molecule has 35 heavy (non-hydrogen) atoms. The first-order valence-corrected chi connectivity index (χ1v) is 11.7. The van der Waals surface area contributed by atoms with Crippen molar-refractivity contribution in [2.75, 3.05) is 11.5 Å². The average molecular weight is 509 g/mol. The van der Waals surface area contributed by atoms with Gasteiger partial charge >= 0.3 is 6.03 Å². The van der Waals surface area contributed by atoms with Crippen LogP contribution in [0.3, 0.4) is 0 Å². The number of benzene rings is 3. The normalized spacial score (nSPS) is 14.9. The highest BCUT2D eigenvalue weighted by molar-refractivity contribution is 6.39. The van der Waals surface area contributed by atoms with Gasteiger partial charge in [0.25, 0.3) is 11.8 Å². The molecule has 6 nitrogen and oxygen atoms in total. The second-order valence-corrected chi connectivity index (χ2v) is 8.79. The summed E-state index contributed by atoms with van der Waals surface area (Å²) < 4.78 is 5.83. The summed E-state index contributed by atoms with van der Waals surface area (Å²) >= 11 is 13.0. The molecule has 1 aliphatic heterocycles. The van der Waals surface area contributed by atoms with E-state index in [9.17, 15) is 14.4 Å². The van der Waals surface area contributed by atoms with Crippen LogP contribution in [0.15, 0.2) is 66.2 Å². The van der Waals surface area contributed by atoms with Crippen LogP contribution in [-0.2, 0) is 16.0 Å². The number of urea groups is 1. The molecule has 3 aromatic carbocycles. The van der Waals surface area contributed by atoms with E-state index in [1.165, 1.54) is 6.08 Å². The third kappa shape index (κ3) is 5.24. The zero-order valence-electron chi connectivity index (χ0n) is 19.1. The van der Waals surface area contributed by atoms with Crippen LogP contribution in [0.1, 0.15) is 29.2 Å². The molecular weight excluding hydrogens is 487 g/mol. The molecule has 1 fully saturated rings. The lowest BCUT2D eigenvalue weighted by Crippen LogP contribution is -2.54. The number of rotatable bonds is 6. The van der Waals surface area contributed by atoms with E-state index in [1.54, 1.807) is 36.4 Å². The highest BCUT2D eigenvalue weighted by atomic mass is 35.5. The van der Waals surface area contributed by atoms with Crippen LogP contribution in [-0.4, -0.2) is 24.5 Å². The first-order valence-electron chi connectivity index (χ1n) is 10.9. The van der Waals surface area contributed by atoms with Gasteiger partial charge in [-0.15, -0.1) is 0 Å². The molecule has 4 amide bonds. The van der Waals surface area contributed by atoms with Crippen molar-refractivity contribution >= 4 is 52.8 Å². The van der Waals surface area contributed by atoms with Gasteiger partial charge in [0.2, 0.25) is 0 Å². The van der Waals surface area contributed by atoms with Crippen LogP contribution < -0.4 is 15.0 Å². The number of nitrogens with one attached hydrogen (secondary N) is 1. The van der Waals surface area contributed by atoms with Gasteiger partial charge in [-0.05, 0) is 66.9 Å². The van der Waals surface area contributed by atoms with Crippen molar-refractivity contribution < 1.29 is 19.1 Å². The van der Waals surface area contributed by atoms with Gasteiger partial charge in [0, 0.05) is 22.0 Å². The first kappa shape index (κ1) is 24.5. The van der Waals surface area contributed by atoms with Crippen LogP contribution in [0.2, 0.25) is 10.0 Å². The van der Waals surface area contributed by atoms with Crippen molar-refractivity contribution in [2.45, 2.75) is 20.3 Å². The van der Waals surface area contributed by atoms with Gasteiger partial charge in [-0.1, -0.05) is 53.5 Å². The fraction of sp³-hybridized carbons (Fsp3) is 0.148. The Balaban J connectivity index is 1.73. The molecule has 0 atom stereocenters. The molecule has 1 saturated heterocycles. The molecule has 8 heteroatoms. The molecule has 1 N–H and O–H groups in total. The Kier molecular flexibility index (Phi) is 7.24. The number of ether oxygens (including phenoxy) is 1. The number of carbonyl (C=O) groups is 3. The van der Waals surface area contributed by atoms with Crippen LogP contribution in [0.5, 0.6) is 5.75 Å². The van der Waals surface area contributed by atoms with E-state index in [4.69, 9.17) is 27.9 Å². The summed E-state index contributed by atoms with van der Waals surface area (Å²) in [6.07, 6.45) is 1.85. The number of halogens is 2. The lowest BCUT2D eigenvalue weighted by atomic mass is 10.00. The van der Waals surface area contributed by atoms with Crippen molar-refractivity contribution in [1.82, 2.24) is 5.32 Å². The van der Waals surface area contributed by atoms with Crippen molar-refractivity contribution in [3.05, 3.63) is 98.5 Å². The standard InChI is InChI=1S/C27H22Cl2N2O4/c1-3-35-24-14-17(13-23(29)20(24)15-18-8-4-5-10-22(18)28)12-21-25(32)30-27(34)31(26(21)33)19-9-6-7-16(2)11-19/h4-14H,3,15H2,1-2H3,(H,30,32,34)/b21-12+. The number of barbiturate groups is 1. The smallest absolute Gasteiger partial charge is 0.335 e. The molecule has 0 bridgehead atoms. The molecule has 1 heterocycles. The van der Waals surface area contributed by atoms with Gasteiger partial charge < -0.3 is 4.74 Å². The first-order chi connectivity index (χ1) is 16.8. The van der Waals surface area contributed by atoms with Gasteiger partial charge in [-0.25, -0.2) is 9.69 Å². The van der Waals surface area contributed by atoms with Crippen molar-refractivity contribution in [3.8, 4) is 5.75 Å². The van der Waals surface area contributed by atoms with E-state index in [1.807, 2.05) is 38.1 Å². The lowest BCUT2D eigenvalue weighted by Gasteiger charge is -2.26. The number of amides is 4. The Morgan fingerprint density at radius 3 is 2.46 bits per heavy atom. The van der Waals surface area contributed by atoms with Crippen LogP contribution in [0.25, 0.3) is 6.08 Å². The Bertz CT molecular complexity index is 1370. The second kappa shape index (κ2) is 10.3. The summed E-state index contributed by atoms with van der Waals surface area (Å²) in [7, 11) is 0. The summed E-state index contributed by atoms with van der Waals surface area (Å²) in [5.41, 5.74) is 3.15. The monoisotopic (exact) mass is 508 g/mol. The number of hydrogen-bond acceptors (Lipinski definition) is 4. The predicted molar refractivity (Wildman–Crippen MR) is 137 cm³/mol. The Morgan fingerprint density at radius 2 is 1.74 bits per heavy atom. The topological polar surface area (TPSA) is 75.7 Å². The van der Waals surface area contributed by atoms with Gasteiger partial charge in [-0.2, -0.15) is 0 Å². The van der Waals surface area contributed by atoms with Crippen molar-refractivity contribution in [2.24, 2.45) is 0 Å². The van der Waals surface area contributed by atoms with E-state index >= 15 is 0 Å². The molecule has 1 aliphatic rings. The van der Waals surface area contributed by atoms with Crippen molar-refractivity contribution in [1.29, 1.82) is 0 Å². The minimum Gasteiger partial charge on any atom is -0.494 e. The van der Waals surface area contributed by atoms with E-state index in [2.05, 4.69) is 5.32 Å². The highest BCUT2D eigenvalue weighted by Crippen LogP contribution is 2.34. The molecular formula is C27H22Cl2N2O4. The molecule has 0 saturated carbocycles. The van der Waals surface area contributed by atoms with Gasteiger partial charge in [0.05, 0.1) is 12.3 Å². The summed E-state index contributed by atoms with van der Waals surface area (Å²) in [5.74, 6) is -0.987. The number of imide groups is 2. The summed E-state index contributed by atoms with van der Waals surface area (Å²) in [5, 5.41) is 3.25. The zero-order chi connectivity index (χ0) is 25.1. The number of carbonyl (C=O) groups excluding carboxylic acids is 3. The van der Waals surface area contributed by atoms with E-state index < -0.39 is 17.8 Å². The number of hydrogen-bond donors (Lipinski definition) is 1. The maximum absolute atomic E-state index is 13.2. The second-order valence-electron chi connectivity index (χ2n) is 7.98. The van der Waals surface area contributed by atoms with Crippen LogP contribution in [0.4, 0.5) is 10.5 Å². The Labute approximate surface area is 213 Å². The number of anilines is 1. The highest BCUT2D eigenvalue weighted by Gasteiger charge is 2.36. The van der Waals surface area contributed by atoms with Gasteiger partial charge in [-0.3, -0.25) is 14.9 Å². The minimum atomic E-state index is -0.800. The van der Waals surface area contributed by atoms with Crippen LogP contribution in [0, 0.1) is 6.92 Å². The van der Waals surface area contributed by atoms with E-state index in [0.717, 1.165) is 21.6 Å².